The monoisotopic (exact) mass is 413 g/mol. The molecule has 0 bridgehead atoms. The van der Waals surface area contributed by atoms with Crippen LogP contribution in [0, 0.1) is 13.8 Å². The van der Waals surface area contributed by atoms with E-state index in [0.717, 1.165) is 33.2 Å². The average Bonchev–Trinajstić information content (AvgIpc) is 2.80. The second kappa shape index (κ2) is 8.40. The van der Waals surface area contributed by atoms with Crippen LogP contribution in [-0.4, -0.2) is 24.7 Å². The van der Waals surface area contributed by atoms with E-state index in [1.165, 1.54) is 16.3 Å². The normalized spacial score (nSPS) is 11.1. The fraction of sp³-hybridized carbons (Fsp3) is 0.222. The van der Waals surface area contributed by atoms with Crippen LogP contribution in [0.25, 0.3) is 32.7 Å². The molecular weight excluding hydrogens is 386 g/mol. The first-order valence-electron chi connectivity index (χ1n) is 10.5. The van der Waals surface area contributed by atoms with Crippen molar-refractivity contribution >= 4 is 27.5 Å². The number of carbonyl (C=O) groups excluding carboxylic acids is 1. The summed E-state index contributed by atoms with van der Waals surface area (Å²) in [4.78, 5) is 12.4. The first-order chi connectivity index (χ1) is 15.0. The minimum absolute atomic E-state index is 0.159. The molecular formula is C27H27NO3. The number of aliphatic hydroxyl groups excluding tert-OH is 1. The zero-order valence-electron chi connectivity index (χ0n) is 18.4. The predicted molar refractivity (Wildman–Crippen MR) is 127 cm³/mol. The number of fused-ring (bicyclic) bond motifs is 2. The van der Waals surface area contributed by atoms with E-state index in [9.17, 15) is 9.90 Å². The van der Waals surface area contributed by atoms with Gasteiger partial charge in [-0.2, -0.15) is 0 Å². The summed E-state index contributed by atoms with van der Waals surface area (Å²) in [5.41, 5.74) is 5.72. The van der Waals surface area contributed by atoms with Crippen molar-refractivity contribution in [2.24, 2.45) is 0 Å². The van der Waals surface area contributed by atoms with Crippen LogP contribution in [0.4, 0.5) is 0 Å². The van der Waals surface area contributed by atoms with Crippen LogP contribution in [0.2, 0.25) is 0 Å². The van der Waals surface area contributed by atoms with Gasteiger partial charge in [0.1, 0.15) is 5.75 Å². The topological polar surface area (TPSA) is 58.6 Å². The van der Waals surface area contributed by atoms with Crippen LogP contribution >= 0.6 is 0 Å². The second-order valence-electron chi connectivity index (χ2n) is 7.83. The molecule has 4 aromatic rings. The lowest BCUT2D eigenvalue weighted by Gasteiger charge is -2.14. The Hall–Kier alpha value is -3.37. The van der Waals surface area contributed by atoms with E-state index < -0.39 is 0 Å². The fourth-order valence-corrected chi connectivity index (χ4v) is 4.32. The summed E-state index contributed by atoms with van der Waals surface area (Å²) in [6, 6.07) is 18.5. The highest BCUT2D eigenvalue weighted by atomic mass is 16.5. The van der Waals surface area contributed by atoms with Crippen molar-refractivity contribution in [1.29, 1.82) is 0 Å². The minimum atomic E-state index is -0.181. The Bertz CT molecular complexity index is 1310. The van der Waals surface area contributed by atoms with Gasteiger partial charge in [0.15, 0.2) is 0 Å². The van der Waals surface area contributed by atoms with E-state index in [-0.39, 0.29) is 12.5 Å². The number of aryl methyl sites for hydroxylation is 2. The quantitative estimate of drug-likeness (QED) is 0.452. The Labute approximate surface area is 182 Å². The average molecular weight is 414 g/mol. The number of rotatable bonds is 5. The molecule has 0 radical (unpaired) electrons. The van der Waals surface area contributed by atoms with Crippen LogP contribution in [0.15, 0.2) is 54.6 Å². The molecule has 0 aromatic heterocycles. The zero-order chi connectivity index (χ0) is 22.1. The Balaban J connectivity index is 1.83. The van der Waals surface area contributed by atoms with Gasteiger partial charge in [0.25, 0.3) is 5.91 Å². The molecule has 0 aliphatic heterocycles. The summed E-state index contributed by atoms with van der Waals surface area (Å²) < 4.78 is 5.51. The molecule has 1 amide bonds. The molecule has 0 fully saturated rings. The molecule has 158 valence electrons. The van der Waals surface area contributed by atoms with Gasteiger partial charge in [-0.1, -0.05) is 30.3 Å². The molecule has 0 spiro atoms. The van der Waals surface area contributed by atoms with Gasteiger partial charge >= 0.3 is 0 Å². The highest BCUT2D eigenvalue weighted by molar-refractivity contribution is 6.02. The third-order valence-electron chi connectivity index (χ3n) is 5.99. The molecule has 0 saturated carbocycles. The Morgan fingerprint density at radius 3 is 2.32 bits per heavy atom. The molecule has 2 N–H and O–H groups in total. The van der Waals surface area contributed by atoms with Crippen LogP contribution in [0.3, 0.4) is 0 Å². The lowest BCUT2D eigenvalue weighted by molar-refractivity contribution is 0.0953. The first kappa shape index (κ1) is 20.9. The number of hydrogen-bond donors (Lipinski definition) is 2. The molecule has 0 aliphatic rings. The summed E-state index contributed by atoms with van der Waals surface area (Å²) in [6.45, 7) is 6.43. The first-order valence-corrected chi connectivity index (χ1v) is 10.5. The maximum atomic E-state index is 12.4. The van der Waals surface area contributed by atoms with Gasteiger partial charge in [-0.3, -0.25) is 4.79 Å². The lowest BCUT2D eigenvalue weighted by Crippen LogP contribution is -2.24. The number of nitrogens with one attached hydrogen (secondary N) is 1. The molecule has 4 nitrogen and oxygen atoms in total. The SMILES string of the molecule is CCNC(=O)c1ccc2cc(-c3ccc4c(C)c(OC)cc(C)c4c3)ccc2c1CO. The Kier molecular flexibility index (Phi) is 5.66. The number of ether oxygens (including phenoxy) is 1. The van der Waals surface area contributed by atoms with Crippen LogP contribution in [-0.2, 0) is 6.61 Å². The third-order valence-corrected chi connectivity index (χ3v) is 5.99. The molecule has 0 heterocycles. The highest BCUT2D eigenvalue weighted by Crippen LogP contribution is 2.34. The van der Waals surface area contributed by atoms with Crippen molar-refractivity contribution in [3.8, 4) is 16.9 Å². The van der Waals surface area contributed by atoms with E-state index in [1.807, 2.05) is 19.1 Å². The molecule has 4 rings (SSSR count). The zero-order valence-corrected chi connectivity index (χ0v) is 18.4. The van der Waals surface area contributed by atoms with Crippen molar-refractivity contribution < 1.29 is 14.6 Å². The highest BCUT2D eigenvalue weighted by Gasteiger charge is 2.14. The number of methoxy groups -OCH3 is 1. The second-order valence-corrected chi connectivity index (χ2v) is 7.83. The van der Waals surface area contributed by atoms with Gasteiger partial charge in [0.2, 0.25) is 0 Å². The van der Waals surface area contributed by atoms with Crippen LogP contribution in [0.1, 0.15) is 34.0 Å². The number of carbonyl (C=O) groups is 1. The van der Waals surface area contributed by atoms with Crippen molar-refractivity contribution in [2.75, 3.05) is 13.7 Å². The molecule has 0 aliphatic carbocycles. The van der Waals surface area contributed by atoms with E-state index in [2.05, 4.69) is 55.6 Å². The number of amides is 1. The molecule has 4 heteroatoms. The van der Waals surface area contributed by atoms with Gasteiger partial charge in [-0.25, -0.2) is 0 Å². The summed E-state index contributed by atoms with van der Waals surface area (Å²) in [6.07, 6.45) is 0. The van der Waals surface area contributed by atoms with E-state index in [4.69, 9.17) is 4.74 Å². The summed E-state index contributed by atoms with van der Waals surface area (Å²) >= 11 is 0. The molecule has 0 saturated heterocycles. The minimum Gasteiger partial charge on any atom is -0.496 e. The van der Waals surface area contributed by atoms with Gasteiger partial charge < -0.3 is 15.2 Å². The molecule has 0 atom stereocenters. The van der Waals surface area contributed by atoms with Gasteiger partial charge in [-0.15, -0.1) is 0 Å². The standard InChI is InChI=1S/C27H27NO3/c1-5-28-27(30)23-11-8-20-13-18(7-10-22(20)25(23)15-29)19-6-9-21-17(3)26(31-4)12-16(2)24(21)14-19/h6-14,29H,5,15H2,1-4H3,(H,28,30). The predicted octanol–water partition coefficient (Wildman–Crippen LogP) is 5.53. The maximum Gasteiger partial charge on any atom is 0.251 e. The van der Waals surface area contributed by atoms with Gasteiger partial charge in [0, 0.05) is 12.1 Å². The van der Waals surface area contributed by atoms with Gasteiger partial charge in [-0.05, 0) is 94.4 Å². The Morgan fingerprint density at radius 2 is 1.65 bits per heavy atom. The fourth-order valence-electron chi connectivity index (χ4n) is 4.32. The van der Waals surface area contributed by atoms with E-state index >= 15 is 0 Å². The van der Waals surface area contributed by atoms with Crippen molar-refractivity contribution in [1.82, 2.24) is 5.32 Å². The smallest absolute Gasteiger partial charge is 0.251 e. The van der Waals surface area contributed by atoms with Crippen molar-refractivity contribution in [2.45, 2.75) is 27.4 Å². The Morgan fingerprint density at radius 1 is 0.935 bits per heavy atom. The van der Waals surface area contributed by atoms with Gasteiger partial charge in [0.05, 0.1) is 13.7 Å². The number of aliphatic hydroxyl groups is 1. The summed E-state index contributed by atoms with van der Waals surface area (Å²) in [7, 11) is 1.70. The van der Waals surface area contributed by atoms with Crippen LogP contribution in [0.5, 0.6) is 5.75 Å². The molecule has 4 aromatic carbocycles. The molecule has 31 heavy (non-hydrogen) atoms. The maximum absolute atomic E-state index is 12.4. The lowest BCUT2D eigenvalue weighted by atomic mass is 9.93. The van der Waals surface area contributed by atoms with E-state index in [1.54, 1.807) is 13.2 Å². The van der Waals surface area contributed by atoms with Crippen LogP contribution < -0.4 is 10.1 Å². The number of benzene rings is 4. The van der Waals surface area contributed by atoms with Crippen molar-refractivity contribution in [3.63, 3.8) is 0 Å². The third kappa shape index (κ3) is 3.64. The van der Waals surface area contributed by atoms with Crippen molar-refractivity contribution in [3.05, 3.63) is 76.9 Å². The van der Waals surface area contributed by atoms with E-state index in [0.29, 0.717) is 17.7 Å². The largest absolute Gasteiger partial charge is 0.496 e. The summed E-state index contributed by atoms with van der Waals surface area (Å²) in [5.74, 6) is 0.747. The summed E-state index contributed by atoms with van der Waals surface area (Å²) in [5, 5.41) is 17.1. The molecule has 0 unspecified atom stereocenters. The number of hydrogen-bond acceptors (Lipinski definition) is 3.